The van der Waals surface area contributed by atoms with Crippen LogP contribution < -0.4 is 5.32 Å². The van der Waals surface area contributed by atoms with Gasteiger partial charge in [0.05, 0.1) is 6.04 Å². The molecule has 0 fully saturated rings. The number of alkyl halides is 3. The van der Waals surface area contributed by atoms with Crippen LogP contribution in [0, 0.1) is 0 Å². The van der Waals surface area contributed by atoms with E-state index in [0.29, 0.717) is 0 Å². The molecule has 1 atom stereocenters. The number of halogens is 4. The van der Waals surface area contributed by atoms with Gasteiger partial charge in [-0.1, -0.05) is 0 Å². The van der Waals surface area contributed by atoms with Gasteiger partial charge in [0, 0.05) is 18.5 Å². The molecule has 0 aromatic carbocycles. The summed E-state index contributed by atoms with van der Waals surface area (Å²) in [5, 5.41) is 2.39. The van der Waals surface area contributed by atoms with Crippen LogP contribution in [0.3, 0.4) is 0 Å². The number of nitrogens with zero attached hydrogens (tertiary/aromatic N) is 3. The zero-order chi connectivity index (χ0) is 14.8. The minimum atomic E-state index is -4.57. The summed E-state index contributed by atoms with van der Waals surface area (Å²) in [5.41, 5.74) is -0.217. The first-order chi connectivity index (χ1) is 9.36. The molecule has 2 rings (SSSR count). The van der Waals surface area contributed by atoms with Crippen molar-refractivity contribution in [2.45, 2.75) is 19.1 Å². The average molecular weight is 303 g/mol. The average Bonchev–Trinajstić information content (AvgIpc) is 2.38. The Morgan fingerprint density at radius 1 is 1.20 bits per heavy atom. The zero-order valence-electron chi connectivity index (χ0n) is 10.3. The summed E-state index contributed by atoms with van der Waals surface area (Å²) in [6, 6.07) is 4.09. The molecule has 4 nitrogen and oxygen atoms in total. The molecule has 0 radical (unpaired) electrons. The van der Waals surface area contributed by atoms with Gasteiger partial charge in [-0.25, -0.2) is 9.97 Å². The molecular weight excluding hydrogens is 293 g/mol. The van der Waals surface area contributed by atoms with E-state index in [9.17, 15) is 13.2 Å². The van der Waals surface area contributed by atoms with Crippen molar-refractivity contribution in [1.82, 2.24) is 15.0 Å². The van der Waals surface area contributed by atoms with Crippen molar-refractivity contribution in [3.63, 3.8) is 0 Å². The van der Waals surface area contributed by atoms with Crippen LogP contribution in [-0.4, -0.2) is 15.0 Å². The summed E-state index contributed by atoms with van der Waals surface area (Å²) in [6.45, 7) is 1.79. The van der Waals surface area contributed by atoms with E-state index in [1.165, 1.54) is 0 Å². The first-order valence-corrected chi connectivity index (χ1v) is 6.02. The first-order valence-electron chi connectivity index (χ1n) is 5.64. The quantitative estimate of drug-likeness (QED) is 0.878. The molecule has 1 N–H and O–H groups in total. The second-order valence-corrected chi connectivity index (χ2v) is 4.39. The first kappa shape index (κ1) is 14.5. The van der Waals surface area contributed by atoms with Crippen LogP contribution in [0.2, 0.25) is 5.28 Å². The molecule has 2 aromatic rings. The Kier molecular flexibility index (Phi) is 4.08. The van der Waals surface area contributed by atoms with Gasteiger partial charge in [0.2, 0.25) is 5.28 Å². The monoisotopic (exact) mass is 302 g/mol. The van der Waals surface area contributed by atoms with Crippen LogP contribution in [0.1, 0.15) is 24.2 Å². The van der Waals surface area contributed by atoms with Crippen LogP contribution in [-0.2, 0) is 6.18 Å². The van der Waals surface area contributed by atoms with Gasteiger partial charge >= 0.3 is 6.18 Å². The molecule has 20 heavy (non-hydrogen) atoms. The standard InChI is InChI=1S/C12H10ClF3N4/c1-7(8-2-4-17-5-3-8)18-10-6-9(12(14,15)16)19-11(13)20-10/h2-7H,1H3,(H,18,19,20). The van der Waals surface area contributed by atoms with E-state index in [1.807, 2.05) is 0 Å². The number of hydrogen-bond donors (Lipinski definition) is 1. The number of pyridine rings is 1. The van der Waals surface area contributed by atoms with E-state index in [-0.39, 0.29) is 11.9 Å². The molecule has 2 heterocycles. The lowest BCUT2D eigenvalue weighted by atomic mass is 10.1. The highest BCUT2D eigenvalue weighted by molar-refractivity contribution is 6.28. The summed E-state index contributed by atoms with van der Waals surface area (Å²) in [4.78, 5) is 10.8. The lowest BCUT2D eigenvalue weighted by Gasteiger charge is -2.15. The number of aromatic nitrogens is 3. The van der Waals surface area contributed by atoms with Crippen LogP contribution in [0.5, 0.6) is 0 Å². The predicted molar refractivity (Wildman–Crippen MR) is 68.3 cm³/mol. The Balaban J connectivity index is 2.24. The summed E-state index contributed by atoms with van der Waals surface area (Å²) in [5.74, 6) is 0.0154. The second kappa shape index (κ2) is 5.62. The summed E-state index contributed by atoms with van der Waals surface area (Å²) in [6.07, 6.45) is -1.37. The van der Waals surface area contributed by atoms with Crippen molar-refractivity contribution < 1.29 is 13.2 Å². The van der Waals surface area contributed by atoms with Gasteiger partial charge in [-0.3, -0.25) is 4.98 Å². The number of nitrogens with one attached hydrogen (secondary N) is 1. The topological polar surface area (TPSA) is 50.7 Å². The molecule has 2 aromatic heterocycles. The molecule has 0 bridgehead atoms. The lowest BCUT2D eigenvalue weighted by Crippen LogP contribution is -2.13. The molecule has 0 spiro atoms. The van der Waals surface area contributed by atoms with E-state index in [1.54, 1.807) is 31.5 Å². The molecule has 0 saturated heterocycles. The summed E-state index contributed by atoms with van der Waals surface area (Å²) < 4.78 is 37.9. The second-order valence-electron chi connectivity index (χ2n) is 4.05. The third-order valence-corrected chi connectivity index (χ3v) is 2.73. The minimum Gasteiger partial charge on any atom is -0.363 e. The van der Waals surface area contributed by atoms with Gasteiger partial charge in [0.15, 0.2) is 5.69 Å². The van der Waals surface area contributed by atoms with Crippen molar-refractivity contribution in [3.8, 4) is 0 Å². The maximum absolute atomic E-state index is 12.6. The van der Waals surface area contributed by atoms with Crippen LogP contribution in [0.15, 0.2) is 30.6 Å². The molecule has 106 valence electrons. The van der Waals surface area contributed by atoms with Crippen molar-refractivity contribution in [2.24, 2.45) is 0 Å². The highest BCUT2D eigenvalue weighted by Crippen LogP contribution is 2.30. The highest BCUT2D eigenvalue weighted by atomic mass is 35.5. The van der Waals surface area contributed by atoms with Crippen LogP contribution in [0.4, 0.5) is 19.0 Å². The predicted octanol–water partition coefficient (Wildman–Crippen LogP) is 3.72. The highest BCUT2D eigenvalue weighted by Gasteiger charge is 2.33. The van der Waals surface area contributed by atoms with Gasteiger partial charge < -0.3 is 5.32 Å². The van der Waals surface area contributed by atoms with Gasteiger partial charge in [-0.05, 0) is 36.2 Å². The fourth-order valence-corrected chi connectivity index (χ4v) is 1.78. The third kappa shape index (κ3) is 3.57. The largest absolute Gasteiger partial charge is 0.433 e. The smallest absolute Gasteiger partial charge is 0.363 e. The molecule has 0 aliphatic heterocycles. The molecule has 0 aliphatic rings. The van der Waals surface area contributed by atoms with Crippen molar-refractivity contribution in [2.75, 3.05) is 5.32 Å². The van der Waals surface area contributed by atoms with E-state index in [0.717, 1.165) is 11.6 Å². The van der Waals surface area contributed by atoms with Crippen molar-refractivity contribution in [1.29, 1.82) is 0 Å². The van der Waals surface area contributed by atoms with Gasteiger partial charge in [-0.2, -0.15) is 13.2 Å². The molecule has 8 heteroatoms. The Hall–Kier alpha value is -1.89. The number of hydrogen-bond acceptors (Lipinski definition) is 4. The van der Waals surface area contributed by atoms with Crippen LogP contribution in [0.25, 0.3) is 0 Å². The fraction of sp³-hybridized carbons (Fsp3) is 0.250. The fourth-order valence-electron chi connectivity index (χ4n) is 1.59. The lowest BCUT2D eigenvalue weighted by molar-refractivity contribution is -0.141. The Morgan fingerprint density at radius 2 is 1.85 bits per heavy atom. The van der Waals surface area contributed by atoms with E-state index < -0.39 is 17.2 Å². The number of rotatable bonds is 3. The maximum Gasteiger partial charge on any atom is 0.433 e. The van der Waals surface area contributed by atoms with E-state index in [2.05, 4.69) is 20.3 Å². The normalized spacial score (nSPS) is 13.1. The van der Waals surface area contributed by atoms with Gasteiger partial charge in [0.1, 0.15) is 5.82 Å². The molecule has 1 unspecified atom stereocenters. The molecular formula is C12H10ClF3N4. The maximum atomic E-state index is 12.6. The zero-order valence-corrected chi connectivity index (χ0v) is 11.1. The van der Waals surface area contributed by atoms with Gasteiger partial charge in [-0.15, -0.1) is 0 Å². The van der Waals surface area contributed by atoms with E-state index in [4.69, 9.17) is 11.6 Å². The van der Waals surface area contributed by atoms with Crippen molar-refractivity contribution in [3.05, 3.63) is 47.1 Å². The Morgan fingerprint density at radius 3 is 2.45 bits per heavy atom. The molecule has 0 amide bonds. The third-order valence-electron chi connectivity index (χ3n) is 2.56. The van der Waals surface area contributed by atoms with Crippen molar-refractivity contribution >= 4 is 17.4 Å². The minimum absolute atomic E-state index is 0.0154. The van der Waals surface area contributed by atoms with Gasteiger partial charge in [0.25, 0.3) is 0 Å². The van der Waals surface area contributed by atoms with Crippen LogP contribution >= 0.6 is 11.6 Å². The van der Waals surface area contributed by atoms with E-state index >= 15 is 0 Å². The number of anilines is 1. The molecule has 0 aliphatic carbocycles. The summed E-state index contributed by atoms with van der Waals surface area (Å²) in [7, 11) is 0. The summed E-state index contributed by atoms with van der Waals surface area (Å²) >= 11 is 5.51. The molecule has 0 saturated carbocycles. The Labute approximate surface area is 118 Å². The Bertz CT molecular complexity index is 589. The SMILES string of the molecule is CC(Nc1cc(C(F)(F)F)nc(Cl)n1)c1ccncc1.